The normalized spacial score (nSPS) is 22.3. The highest BCUT2D eigenvalue weighted by Crippen LogP contribution is 2.30. The molecule has 2 fully saturated rings. The predicted octanol–water partition coefficient (Wildman–Crippen LogP) is 3.60. The maximum atomic E-state index is 12.4. The summed E-state index contributed by atoms with van der Waals surface area (Å²) in [7, 11) is 0. The van der Waals surface area contributed by atoms with Gasteiger partial charge < -0.3 is 15.1 Å². The number of thioether (sulfide) groups is 1. The second-order valence-electron chi connectivity index (χ2n) is 7.35. The predicted molar refractivity (Wildman–Crippen MR) is 105 cm³/mol. The molecule has 3 rings (SSSR count). The van der Waals surface area contributed by atoms with Gasteiger partial charge in [0.15, 0.2) is 0 Å². The molecule has 0 spiro atoms. The Labute approximate surface area is 156 Å². The third-order valence-corrected chi connectivity index (χ3v) is 6.76. The Morgan fingerprint density at radius 1 is 1.16 bits per heavy atom. The van der Waals surface area contributed by atoms with Crippen LogP contribution in [0, 0.1) is 12.8 Å². The van der Waals surface area contributed by atoms with E-state index < -0.39 is 0 Å². The molecule has 0 radical (unpaired) electrons. The van der Waals surface area contributed by atoms with Crippen molar-refractivity contribution in [1.82, 2.24) is 15.1 Å². The van der Waals surface area contributed by atoms with Crippen molar-refractivity contribution in [3.63, 3.8) is 0 Å². The quantitative estimate of drug-likeness (QED) is 0.870. The van der Waals surface area contributed by atoms with Crippen LogP contribution in [0.1, 0.15) is 31.7 Å². The van der Waals surface area contributed by atoms with Gasteiger partial charge in [0, 0.05) is 36.3 Å². The third kappa shape index (κ3) is 5.38. The minimum absolute atomic E-state index is 0.133. The third-order valence-electron chi connectivity index (χ3n) is 5.41. The molecule has 25 heavy (non-hydrogen) atoms. The number of rotatable bonds is 5. The number of nitrogens with one attached hydrogen (secondary N) is 1. The van der Waals surface area contributed by atoms with Gasteiger partial charge in [-0.2, -0.15) is 0 Å². The molecule has 0 bridgehead atoms. The van der Waals surface area contributed by atoms with Crippen LogP contribution in [0.15, 0.2) is 29.2 Å². The Morgan fingerprint density at radius 3 is 2.52 bits per heavy atom. The molecular formula is C20H31N3OS. The van der Waals surface area contributed by atoms with Gasteiger partial charge in [0.05, 0.1) is 0 Å². The topological polar surface area (TPSA) is 35.6 Å². The molecule has 2 heterocycles. The first kappa shape index (κ1) is 18.6. The molecule has 1 atom stereocenters. The highest BCUT2D eigenvalue weighted by Gasteiger charge is 2.25. The van der Waals surface area contributed by atoms with Crippen molar-refractivity contribution >= 4 is 17.8 Å². The Hall–Kier alpha value is -1.20. The minimum Gasteiger partial charge on any atom is -0.338 e. The van der Waals surface area contributed by atoms with Crippen molar-refractivity contribution in [2.45, 2.75) is 43.3 Å². The van der Waals surface area contributed by atoms with E-state index in [1.807, 2.05) is 16.7 Å². The Morgan fingerprint density at radius 2 is 1.88 bits per heavy atom. The first-order valence-electron chi connectivity index (χ1n) is 9.62. The smallest absolute Gasteiger partial charge is 0.317 e. The molecule has 2 aliphatic rings. The van der Waals surface area contributed by atoms with Crippen molar-refractivity contribution in [2.24, 2.45) is 5.92 Å². The number of benzene rings is 1. The zero-order chi connectivity index (χ0) is 17.6. The van der Waals surface area contributed by atoms with E-state index in [1.165, 1.54) is 23.4 Å². The molecule has 0 aromatic heterocycles. The molecule has 2 amide bonds. The van der Waals surface area contributed by atoms with E-state index in [4.69, 9.17) is 0 Å². The van der Waals surface area contributed by atoms with Gasteiger partial charge >= 0.3 is 6.03 Å². The van der Waals surface area contributed by atoms with E-state index in [1.54, 1.807) is 0 Å². The van der Waals surface area contributed by atoms with Crippen LogP contribution in [0.5, 0.6) is 0 Å². The fourth-order valence-electron chi connectivity index (χ4n) is 3.70. The summed E-state index contributed by atoms with van der Waals surface area (Å²) in [6.07, 6.45) is 3.38. The summed E-state index contributed by atoms with van der Waals surface area (Å²) < 4.78 is 0. The number of aryl methyl sites for hydroxylation is 1. The van der Waals surface area contributed by atoms with Gasteiger partial charge in [-0.05, 0) is 57.3 Å². The number of amides is 2. The van der Waals surface area contributed by atoms with E-state index in [0.717, 1.165) is 45.6 Å². The van der Waals surface area contributed by atoms with Crippen LogP contribution in [0.3, 0.4) is 0 Å². The minimum atomic E-state index is 0.133. The van der Waals surface area contributed by atoms with Crippen molar-refractivity contribution in [3.8, 4) is 0 Å². The molecule has 1 unspecified atom stereocenters. The average Bonchev–Trinajstić information content (AvgIpc) is 3.10. The Balaban J connectivity index is 1.36. The van der Waals surface area contributed by atoms with Crippen molar-refractivity contribution < 1.29 is 4.79 Å². The Bertz CT molecular complexity index is 555. The standard InChI is InChI=1S/C20H31N3OS/c1-3-22-11-8-17(15-22)14-21-20(24)23-12-9-19(10-13-23)25-18-6-4-16(2)5-7-18/h4-7,17,19H,3,8-15H2,1-2H3,(H,21,24). The number of piperidine rings is 1. The lowest BCUT2D eigenvalue weighted by Crippen LogP contribution is -2.46. The van der Waals surface area contributed by atoms with E-state index in [2.05, 4.69) is 48.3 Å². The summed E-state index contributed by atoms with van der Waals surface area (Å²) in [5, 5.41) is 3.79. The lowest BCUT2D eigenvalue weighted by Gasteiger charge is -2.32. The molecule has 1 aromatic rings. The molecule has 2 saturated heterocycles. The second-order valence-corrected chi connectivity index (χ2v) is 8.73. The molecular weight excluding hydrogens is 330 g/mol. The van der Waals surface area contributed by atoms with Gasteiger partial charge in [-0.1, -0.05) is 24.6 Å². The lowest BCUT2D eigenvalue weighted by atomic mass is 10.1. The van der Waals surface area contributed by atoms with Crippen LogP contribution < -0.4 is 5.32 Å². The van der Waals surface area contributed by atoms with Crippen LogP contribution in [0.25, 0.3) is 0 Å². The molecule has 1 N–H and O–H groups in total. The number of carbonyl (C=O) groups excluding carboxylic acids is 1. The average molecular weight is 362 g/mol. The van der Waals surface area contributed by atoms with Crippen molar-refractivity contribution in [2.75, 3.05) is 39.3 Å². The molecule has 0 saturated carbocycles. The molecule has 5 heteroatoms. The van der Waals surface area contributed by atoms with Crippen LogP contribution in [0.2, 0.25) is 0 Å². The maximum Gasteiger partial charge on any atom is 0.317 e. The summed E-state index contributed by atoms with van der Waals surface area (Å²) in [6, 6.07) is 8.90. The van der Waals surface area contributed by atoms with Gasteiger partial charge in [-0.3, -0.25) is 0 Å². The highest BCUT2D eigenvalue weighted by molar-refractivity contribution is 8.00. The van der Waals surface area contributed by atoms with Gasteiger partial charge in [0.2, 0.25) is 0 Å². The molecule has 4 nitrogen and oxygen atoms in total. The van der Waals surface area contributed by atoms with Crippen molar-refractivity contribution in [3.05, 3.63) is 29.8 Å². The van der Waals surface area contributed by atoms with Crippen molar-refractivity contribution in [1.29, 1.82) is 0 Å². The van der Waals surface area contributed by atoms with Gasteiger partial charge in [0.25, 0.3) is 0 Å². The summed E-state index contributed by atoms with van der Waals surface area (Å²) in [5.41, 5.74) is 1.31. The summed E-state index contributed by atoms with van der Waals surface area (Å²) >= 11 is 1.96. The number of hydrogen-bond acceptors (Lipinski definition) is 3. The summed E-state index contributed by atoms with van der Waals surface area (Å²) in [4.78, 5) is 18.2. The zero-order valence-electron chi connectivity index (χ0n) is 15.5. The summed E-state index contributed by atoms with van der Waals surface area (Å²) in [5.74, 6) is 0.624. The van der Waals surface area contributed by atoms with E-state index >= 15 is 0 Å². The first-order valence-corrected chi connectivity index (χ1v) is 10.5. The first-order chi connectivity index (χ1) is 12.1. The molecule has 0 aliphatic carbocycles. The van der Waals surface area contributed by atoms with Crippen LogP contribution in [-0.4, -0.2) is 60.3 Å². The number of urea groups is 1. The lowest BCUT2D eigenvalue weighted by molar-refractivity contribution is 0.186. The van der Waals surface area contributed by atoms with E-state index in [-0.39, 0.29) is 6.03 Å². The molecule has 2 aliphatic heterocycles. The monoisotopic (exact) mass is 361 g/mol. The van der Waals surface area contributed by atoms with Crippen LogP contribution in [-0.2, 0) is 0 Å². The fourth-order valence-corrected chi connectivity index (χ4v) is 4.82. The van der Waals surface area contributed by atoms with Crippen LogP contribution >= 0.6 is 11.8 Å². The fraction of sp³-hybridized carbons (Fsp3) is 0.650. The largest absolute Gasteiger partial charge is 0.338 e. The van der Waals surface area contributed by atoms with Gasteiger partial charge in [-0.15, -0.1) is 11.8 Å². The number of hydrogen-bond donors (Lipinski definition) is 1. The van der Waals surface area contributed by atoms with Gasteiger partial charge in [0.1, 0.15) is 0 Å². The summed E-state index contributed by atoms with van der Waals surface area (Å²) in [6.45, 7) is 10.3. The second kappa shape index (κ2) is 8.95. The number of nitrogens with zero attached hydrogens (tertiary/aromatic N) is 2. The van der Waals surface area contributed by atoms with Crippen LogP contribution in [0.4, 0.5) is 4.79 Å². The number of likely N-dealkylation sites (tertiary alicyclic amines) is 2. The number of carbonyl (C=O) groups is 1. The zero-order valence-corrected chi connectivity index (χ0v) is 16.4. The molecule has 1 aromatic carbocycles. The molecule has 138 valence electrons. The Kier molecular flexibility index (Phi) is 6.65. The highest BCUT2D eigenvalue weighted by atomic mass is 32.2. The van der Waals surface area contributed by atoms with Gasteiger partial charge in [-0.25, -0.2) is 4.79 Å². The van der Waals surface area contributed by atoms with E-state index in [0.29, 0.717) is 11.2 Å². The maximum absolute atomic E-state index is 12.4. The van der Waals surface area contributed by atoms with E-state index in [9.17, 15) is 4.79 Å². The SMILES string of the molecule is CCN1CCC(CNC(=O)N2CCC(Sc3ccc(C)cc3)CC2)C1.